The van der Waals surface area contributed by atoms with Crippen LogP contribution in [0.1, 0.15) is 12.0 Å². The van der Waals surface area contributed by atoms with Gasteiger partial charge in [0.15, 0.2) is 0 Å². The highest BCUT2D eigenvalue weighted by Gasteiger charge is 2.45. The van der Waals surface area contributed by atoms with Crippen molar-refractivity contribution in [2.75, 3.05) is 7.11 Å². The number of aliphatic hydroxyl groups is 1. The molecule has 17 heavy (non-hydrogen) atoms. The normalized spacial score (nSPS) is 13.8. The summed E-state index contributed by atoms with van der Waals surface area (Å²) in [6, 6.07) is 3.42. The van der Waals surface area contributed by atoms with E-state index in [9.17, 15) is 14.7 Å². The van der Waals surface area contributed by atoms with E-state index in [-0.39, 0.29) is 12.8 Å². The van der Waals surface area contributed by atoms with Crippen LogP contribution in [0.4, 0.5) is 0 Å². The van der Waals surface area contributed by atoms with E-state index in [0.717, 1.165) is 12.7 Å². The van der Waals surface area contributed by atoms with E-state index in [0.29, 0.717) is 0 Å². The molecule has 0 aliphatic rings. The lowest BCUT2D eigenvalue weighted by Gasteiger charge is -2.19. The molecular weight excluding hydrogens is 226 g/mol. The first-order valence-electron chi connectivity index (χ1n) is 4.94. The number of nitrogens with zero attached hydrogens (tertiary/aromatic N) is 1. The molecule has 0 saturated carbocycles. The molecule has 2 N–H and O–H groups in total. The number of carbonyl (C=O) groups is 2. The number of methoxy groups -OCH3 is 1. The monoisotopic (exact) mass is 239 g/mol. The van der Waals surface area contributed by atoms with Crippen molar-refractivity contribution in [2.45, 2.75) is 18.4 Å². The minimum absolute atomic E-state index is 0.214. The fraction of sp³-hybridized carbons (Fsp3) is 0.364. The first-order valence-corrected chi connectivity index (χ1v) is 4.94. The van der Waals surface area contributed by atoms with Crippen molar-refractivity contribution >= 4 is 11.9 Å². The highest BCUT2D eigenvalue weighted by atomic mass is 16.5. The first-order chi connectivity index (χ1) is 8.00. The number of carboxylic acid groups (broad SMARTS) is 1. The predicted octanol–water partition coefficient (Wildman–Crippen LogP) is 0.00290. The molecule has 1 aromatic heterocycles. The van der Waals surface area contributed by atoms with E-state index in [1.54, 1.807) is 24.5 Å². The van der Waals surface area contributed by atoms with Gasteiger partial charge >= 0.3 is 11.9 Å². The topological polar surface area (TPSA) is 96.7 Å². The Morgan fingerprint density at radius 3 is 2.71 bits per heavy atom. The average molecular weight is 239 g/mol. The van der Waals surface area contributed by atoms with E-state index in [2.05, 4.69) is 9.72 Å². The molecule has 0 spiro atoms. The van der Waals surface area contributed by atoms with Crippen molar-refractivity contribution in [3.63, 3.8) is 0 Å². The van der Waals surface area contributed by atoms with Gasteiger partial charge in [-0.05, 0) is 18.1 Å². The number of carbonyl (C=O) groups excluding carboxylic acids is 1. The molecular formula is C11H13NO5. The maximum Gasteiger partial charge on any atom is 0.349 e. The average Bonchev–Trinajstić information content (AvgIpc) is 2.35. The summed E-state index contributed by atoms with van der Waals surface area (Å²) in [6.45, 7) is 0. The highest BCUT2D eigenvalue weighted by Crippen LogP contribution is 2.16. The summed E-state index contributed by atoms with van der Waals surface area (Å²) in [5.74, 6) is -2.79. The third-order valence-corrected chi connectivity index (χ3v) is 2.38. The second-order valence-electron chi connectivity index (χ2n) is 3.52. The Morgan fingerprint density at radius 1 is 1.53 bits per heavy atom. The zero-order chi connectivity index (χ0) is 12.9. The van der Waals surface area contributed by atoms with Gasteiger partial charge in [0, 0.05) is 18.8 Å². The molecule has 1 atom stereocenters. The van der Waals surface area contributed by atoms with E-state index in [1.165, 1.54) is 0 Å². The van der Waals surface area contributed by atoms with E-state index < -0.39 is 17.5 Å². The second-order valence-corrected chi connectivity index (χ2v) is 3.52. The molecule has 0 aliphatic carbocycles. The van der Waals surface area contributed by atoms with Crippen LogP contribution in [0.5, 0.6) is 0 Å². The molecule has 0 aromatic carbocycles. The van der Waals surface area contributed by atoms with Gasteiger partial charge in [0.25, 0.3) is 5.60 Å². The molecule has 92 valence electrons. The quantitative estimate of drug-likeness (QED) is 0.554. The maximum absolute atomic E-state index is 11.2. The zero-order valence-electron chi connectivity index (χ0n) is 9.29. The molecule has 0 fully saturated rings. The fourth-order valence-electron chi connectivity index (χ4n) is 1.34. The van der Waals surface area contributed by atoms with Crippen molar-refractivity contribution < 1.29 is 24.5 Å². The SMILES string of the molecule is COC(=O)C(O)(CCc1cccnc1)C(=O)O. The molecule has 0 aliphatic heterocycles. The summed E-state index contributed by atoms with van der Waals surface area (Å²) in [5, 5.41) is 18.6. The van der Waals surface area contributed by atoms with Crippen molar-refractivity contribution in [2.24, 2.45) is 0 Å². The summed E-state index contributed by atoms with van der Waals surface area (Å²) < 4.78 is 4.28. The first kappa shape index (κ1) is 13.1. The molecule has 1 aromatic rings. The number of hydrogen-bond acceptors (Lipinski definition) is 5. The molecule has 1 heterocycles. The van der Waals surface area contributed by atoms with E-state index >= 15 is 0 Å². The van der Waals surface area contributed by atoms with Crippen LogP contribution in [-0.2, 0) is 20.7 Å². The summed E-state index contributed by atoms with van der Waals surface area (Å²) in [7, 11) is 1.03. The lowest BCUT2D eigenvalue weighted by molar-refractivity contribution is -0.178. The summed E-state index contributed by atoms with van der Waals surface area (Å²) in [4.78, 5) is 26.0. The van der Waals surface area contributed by atoms with Gasteiger partial charge in [0.05, 0.1) is 7.11 Å². The standard InChI is InChI=1S/C11H13NO5/c1-17-10(15)11(16,9(13)14)5-4-8-3-2-6-12-7-8/h2-3,6-7,16H,4-5H2,1H3,(H,13,14). The van der Waals surface area contributed by atoms with Crippen molar-refractivity contribution in [1.29, 1.82) is 0 Å². The van der Waals surface area contributed by atoms with Crippen molar-refractivity contribution in [3.8, 4) is 0 Å². The van der Waals surface area contributed by atoms with Crippen LogP contribution in [0.3, 0.4) is 0 Å². The van der Waals surface area contributed by atoms with Crippen LogP contribution in [0.25, 0.3) is 0 Å². The molecule has 0 bridgehead atoms. The molecule has 1 rings (SSSR count). The smallest absolute Gasteiger partial charge is 0.349 e. The minimum Gasteiger partial charge on any atom is -0.479 e. The molecule has 6 heteroatoms. The van der Waals surface area contributed by atoms with Crippen LogP contribution in [-0.4, -0.2) is 39.8 Å². The molecule has 0 saturated heterocycles. The van der Waals surface area contributed by atoms with Gasteiger partial charge < -0.3 is 14.9 Å². The number of hydrogen-bond donors (Lipinski definition) is 2. The maximum atomic E-state index is 11.2. The number of rotatable bonds is 5. The van der Waals surface area contributed by atoms with Gasteiger partial charge in [0.1, 0.15) is 0 Å². The Labute approximate surface area is 97.9 Å². The Bertz CT molecular complexity index is 406. The van der Waals surface area contributed by atoms with Gasteiger partial charge in [-0.3, -0.25) is 4.98 Å². The molecule has 0 amide bonds. The van der Waals surface area contributed by atoms with Gasteiger partial charge in [-0.15, -0.1) is 0 Å². The highest BCUT2D eigenvalue weighted by molar-refractivity contribution is 6.02. The number of aliphatic carboxylic acids is 1. The van der Waals surface area contributed by atoms with Gasteiger partial charge in [-0.1, -0.05) is 6.07 Å². The number of carboxylic acids is 1. The van der Waals surface area contributed by atoms with Gasteiger partial charge in [0.2, 0.25) is 0 Å². The summed E-state index contributed by atoms with van der Waals surface area (Å²) in [6.07, 6.45) is 3.07. The third kappa shape index (κ3) is 3.01. The van der Waals surface area contributed by atoms with Crippen LogP contribution >= 0.6 is 0 Å². The Balaban J connectivity index is 2.76. The van der Waals surface area contributed by atoms with Crippen molar-refractivity contribution in [1.82, 2.24) is 4.98 Å². The second kappa shape index (κ2) is 5.40. The van der Waals surface area contributed by atoms with Crippen LogP contribution in [0.2, 0.25) is 0 Å². The molecule has 6 nitrogen and oxygen atoms in total. The Kier molecular flexibility index (Phi) is 4.17. The van der Waals surface area contributed by atoms with E-state index in [4.69, 9.17) is 5.11 Å². The number of pyridine rings is 1. The van der Waals surface area contributed by atoms with Crippen LogP contribution < -0.4 is 0 Å². The Hall–Kier alpha value is -1.95. The lowest BCUT2D eigenvalue weighted by Crippen LogP contribution is -2.47. The third-order valence-electron chi connectivity index (χ3n) is 2.38. The molecule has 1 unspecified atom stereocenters. The number of esters is 1. The van der Waals surface area contributed by atoms with Gasteiger partial charge in [-0.25, -0.2) is 9.59 Å². The number of aryl methyl sites for hydroxylation is 1. The van der Waals surface area contributed by atoms with Gasteiger partial charge in [-0.2, -0.15) is 0 Å². The van der Waals surface area contributed by atoms with Crippen LogP contribution in [0, 0.1) is 0 Å². The van der Waals surface area contributed by atoms with E-state index in [1.807, 2.05) is 0 Å². The zero-order valence-corrected chi connectivity index (χ0v) is 9.29. The largest absolute Gasteiger partial charge is 0.479 e. The number of ether oxygens (including phenoxy) is 1. The lowest BCUT2D eigenvalue weighted by atomic mass is 9.95. The van der Waals surface area contributed by atoms with Crippen LogP contribution in [0.15, 0.2) is 24.5 Å². The Morgan fingerprint density at radius 2 is 2.24 bits per heavy atom. The fourth-order valence-corrected chi connectivity index (χ4v) is 1.34. The predicted molar refractivity (Wildman–Crippen MR) is 57.2 cm³/mol. The summed E-state index contributed by atoms with van der Waals surface area (Å²) >= 11 is 0. The summed E-state index contributed by atoms with van der Waals surface area (Å²) in [5.41, 5.74) is -1.78. The minimum atomic E-state index is -2.51. The van der Waals surface area contributed by atoms with Crippen molar-refractivity contribution in [3.05, 3.63) is 30.1 Å². The molecule has 0 radical (unpaired) electrons. The number of aromatic nitrogens is 1.